The lowest BCUT2D eigenvalue weighted by Crippen LogP contribution is -2.46. The number of piperidine rings is 1. The summed E-state index contributed by atoms with van der Waals surface area (Å²) in [6, 6.07) is 8.91. The summed E-state index contributed by atoms with van der Waals surface area (Å²) < 4.78 is 5.41. The summed E-state index contributed by atoms with van der Waals surface area (Å²) >= 11 is 0. The van der Waals surface area contributed by atoms with E-state index in [0.29, 0.717) is 35.7 Å². The molecule has 0 bridgehead atoms. The molecule has 2 aromatic rings. The predicted molar refractivity (Wildman–Crippen MR) is 103 cm³/mol. The standard InChI is InChI=1S/C19H23N3O3.ClH/c1-12-11-16(13(2)25-12)18(23)21-14-7-9-22(10-8-14)19(24)15-5-3-4-6-17(15)20;/h3-6,11,14H,7-10,20H2,1-2H3,(H,21,23);1H. The van der Waals surface area contributed by atoms with Crippen molar-refractivity contribution in [3.63, 3.8) is 0 Å². The van der Waals surface area contributed by atoms with Gasteiger partial charge >= 0.3 is 0 Å². The molecule has 2 heterocycles. The predicted octanol–water partition coefficient (Wildman–Crippen LogP) is 2.94. The number of carbonyl (C=O) groups excluding carboxylic acids is 2. The Kier molecular flexibility index (Phi) is 6.32. The van der Waals surface area contributed by atoms with E-state index in [0.717, 1.165) is 18.6 Å². The highest BCUT2D eigenvalue weighted by Crippen LogP contribution is 2.19. The molecule has 0 radical (unpaired) electrons. The van der Waals surface area contributed by atoms with Crippen LogP contribution in [0, 0.1) is 13.8 Å². The van der Waals surface area contributed by atoms with E-state index in [1.54, 1.807) is 30.0 Å². The average Bonchev–Trinajstić information content (AvgIpc) is 2.94. The fourth-order valence-electron chi connectivity index (χ4n) is 3.21. The van der Waals surface area contributed by atoms with Crippen molar-refractivity contribution in [2.45, 2.75) is 32.7 Å². The maximum absolute atomic E-state index is 12.6. The van der Waals surface area contributed by atoms with Crippen LogP contribution < -0.4 is 11.1 Å². The quantitative estimate of drug-likeness (QED) is 0.805. The fourth-order valence-corrected chi connectivity index (χ4v) is 3.21. The molecule has 0 spiro atoms. The first-order chi connectivity index (χ1) is 12.0. The van der Waals surface area contributed by atoms with Gasteiger partial charge in [0.25, 0.3) is 11.8 Å². The maximum Gasteiger partial charge on any atom is 0.255 e. The number of hydrogen-bond donors (Lipinski definition) is 2. The Morgan fingerprint density at radius 1 is 1.15 bits per heavy atom. The molecule has 2 amide bonds. The van der Waals surface area contributed by atoms with Gasteiger partial charge in [0, 0.05) is 24.8 Å². The van der Waals surface area contributed by atoms with Crippen molar-refractivity contribution in [3.05, 3.63) is 53.0 Å². The van der Waals surface area contributed by atoms with Crippen LogP contribution in [0.3, 0.4) is 0 Å². The summed E-state index contributed by atoms with van der Waals surface area (Å²) in [4.78, 5) is 26.7. The number of aryl methyl sites for hydroxylation is 2. The second-order valence-electron chi connectivity index (χ2n) is 6.45. The Morgan fingerprint density at radius 3 is 2.38 bits per heavy atom. The number of anilines is 1. The number of carbonyl (C=O) groups is 2. The van der Waals surface area contributed by atoms with Gasteiger partial charge in [-0.05, 0) is 44.9 Å². The molecule has 0 saturated carbocycles. The molecule has 1 aromatic heterocycles. The van der Waals surface area contributed by atoms with Crippen molar-refractivity contribution in [3.8, 4) is 0 Å². The first-order valence-electron chi connectivity index (χ1n) is 8.47. The van der Waals surface area contributed by atoms with E-state index in [1.807, 2.05) is 19.1 Å². The van der Waals surface area contributed by atoms with E-state index in [1.165, 1.54) is 0 Å². The van der Waals surface area contributed by atoms with Crippen molar-refractivity contribution in [1.29, 1.82) is 0 Å². The number of rotatable bonds is 3. The number of para-hydroxylation sites is 1. The summed E-state index contributed by atoms with van der Waals surface area (Å²) in [6.07, 6.45) is 1.44. The summed E-state index contributed by atoms with van der Waals surface area (Å²) in [6.45, 7) is 4.81. The largest absolute Gasteiger partial charge is 0.466 e. The minimum atomic E-state index is -0.119. The van der Waals surface area contributed by atoms with E-state index in [2.05, 4.69) is 5.32 Å². The van der Waals surface area contributed by atoms with Crippen LogP contribution in [0.4, 0.5) is 5.69 Å². The fraction of sp³-hybridized carbons (Fsp3) is 0.368. The van der Waals surface area contributed by atoms with Gasteiger partial charge in [-0.25, -0.2) is 0 Å². The number of furan rings is 1. The van der Waals surface area contributed by atoms with Gasteiger partial charge in [-0.15, -0.1) is 12.4 Å². The highest BCUT2D eigenvalue weighted by Gasteiger charge is 2.26. The second-order valence-corrected chi connectivity index (χ2v) is 6.45. The molecule has 6 nitrogen and oxygen atoms in total. The van der Waals surface area contributed by atoms with E-state index in [4.69, 9.17) is 10.2 Å². The third kappa shape index (κ3) is 4.19. The minimum absolute atomic E-state index is 0. The second kappa shape index (κ2) is 8.27. The van der Waals surface area contributed by atoms with Gasteiger partial charge in [0.15, 0.2) is 0 Å². The molecular weight excluding hydrogens is 354 g/mol. The minimum Gasteiger partial charge on any atom is -0.466 e. The number of nitrogens with two attached hydrogens (primary N) is 1. The first kappa shape index (κ1) is 19.8. The van der Waals surface area contributed by atoms with Crippen LogP contribution in [-0.2, 0) is 0 Å². The van der Waals surface area contributed by atoms with Crippen LogP contribution in [0.1, 0.15) is 45.1 Å². The molecule has 0 aliphatic carbocycles. The molecule has 26 heavy (non-hydrogen) atoms. The molecule has 3 rings (SSSR count). The molecule has 1 aliphatic heterocycles. The first-order valence-corrected chi connectivity index (χ1v) is 8.47. The zero-order valence-corrected chi connectivity index (χ0v) is 15.8. The number of halogens is 1. The smallest absolute Gasteiger partial charge is 0.255 e. The monoisotopic (exact) mass is 377 g/mol. The molecule has 3 N–H and O–H groups in total. The Morgan fingerprint density at radius 2 is 1.81 bits per heavy atom. The van der Waals surface area contributed by atoms with Crippen molar-refractivity contribution in [1.82, 2.24) is 10.2 Å². The van der Waals surface area contributed by atoms with Gasteiger partial charge in [-0.2, -0.15) is 0 Å². The SMILES string of the molecule is Cc1cc(C(=O)NC2CCN(C(=O)c3ccccc3N)CC2)c(C)o1.Cl. The molecule has 0 unspecified atom stereocenters. The van der Waals surface area contributed by atoms with Crippen LogP contribution in [0.25, 0.3) is 0 Å². The van der Waals surface area contributed by atoms with Crippen molar-refractivity contribution in [2.75, 3.05) is 18.8 Å². The van der Waals surface area contributed by atoms with E-state index >= 15 is 0 Å². The summed E-state index contributed by atoms with van der Waals surface area (Å²) in [5.41, 5.74) is 7.50. The highest BCUT2D eigenvalue weighted by atomic mass is 35.5. The van der Waals surface area contributed by atoms with Crippen molar-refractivity contribution in [2.24, 2.45) is 0 Å². The van der Waals surface area contributed by atoms with Gasteiger partial charge in [0.2, 0.25) is 0 Å². The Labute approximate surface area is 159 Å². The zero-order chi connectivity index (χ0) is 18.0. The Hall–Kier alpha value is -2.47. The highest BCUT2D eigenvalue weighted by molar-refractivity contribution is 5.99. The number of benzene rings is 1. The molecule has 1 saturated heterocycles. The Bertz CT molecular complexity index is 795. The molecule has 7 heteroatoms. The average molecular weight is 378 g/mol. The topological polar surface area (TPSA) is 88.6 Å². The molecule has 1 fully saturated rings. The third-order valence-corrected chi connectivity index (χ3v) is 4.59. The zero-order valence-electron chi connectivity index (χ0n) is 15.0. The van der Waals surface area contributed by atoms with Crippen LogP contribution in [0.15, 0.2) is 34.7 Å². The van der Waals surface area contributed by atoms with Crippen LogP contribution in [-0.4, -0.2) is 35.8 Å². The third-order valence-electron chi connectivity index (χ3n) is 4.59. The van der Waals surface area contributed by atoms with Crippen molar-refractivity contribution >= 4 is 29.9 Å². The van der Waals surface area contributed by atoms with Crippen LogP contribution >= 0.6 is 12.4 Å². The normalized spacial score (nSPS) is 14.6. The van der Waals surface area contributed by atoms with E-state index < -0.39 is 0 Å². The van der Waals surface area contributed by atoms with Gasteiger partial charge in [0.05, 0.1) is 11.1 Å². The van der Waals surface area contributed by atoms with Gasteiger partial charge < -0.3 is 20.4 Å². The van der Waals surface area contributed by atoms with Crippen LogP contribution in [0.2, 0.25) is 0 Å². The van der Waals surface area contributed by atoms with Crippen molar-refractivity contribution < 1.29 is 14.0 Å². The summed E-state index contributed by atoms with van der Waals surface area (Å²) in [5, 5.41) is 3.04. The van der Waals surface area contributed by atoms with Crippen LogP contribution in [0.5, 0.6) is 0 Å². The number of nitrogen functional groups attached to an aromatic ring is 1. The maximum atomic E-state index is 12.6. The Balaban J connectivity index is 0.00000243. The van der Waals surface area contributed by atoms with E-state index in [-0.39, 0.29) is 30.3 Å². The lowest BCUT2D eigenvalue weighted by Gasteiger charge is -2.32. The summed E-state index contributed by atoms with van der Waals surface area (Å²) in [5.74, 6) is 1.18. The molecule has 1 aromatic carbocycles. The number of hydrogen-bond acceptors (Lipinski definition) is 4. The molecule has 1 aliphatic rings. The molecular formula is C19H24ClN3O3. The lowest BCUT2D eigenvalue weighted by molar-refractivity contribution is 0.0699. The molecule has 0 atom stereocenters. The van der Waals surface area contributed by atoms with Gasteiger partial charge in [0.1, 0.15) is 11.5 Å². The number of nitrogens with zero attached hydrogens (tertiary/aromatic N) is 1. The molecule has 140 valence electrons. The summed E-state index contributed by atoms with van der Waals surface area (Å²) in [7, 11) is 0. The number of amides is 2. The van der Waals surface area contributed by atoms with E-state index in [9.17, 15) is 9.59 Å². The van der Waals surface area contributed by atoms with Gasteiger partial charge in [-0.1, -0.05) is 12.1 Å². The lowest BCUT2D eigenvalue weighted by atomic mass is 10.0. The number of nitrogens with one attached hydrogen (secondary N) is 1. The number of likely N-dealkylation sites (tertiary alicyclic amines) is 1. The van der Waals surface area contributed by atoms with Gasteiger partial charge in [-0.3, -0.25) is 9.59 Å².